The van der Waals surface area contributed by atoms with Gasteiger partial charge in [-0.25, -0.2) is 0 Å². The predicted molar refractivity (Wildman–Crippen MR) is 252 cm³/mol. The Balaban J connectivity index is 0.973. The second-order valence-corrected chi connectivity index (χ2v) is 20.1. The fourth-order valence-corrected chi connectivity index (χ4v) is 10.6. The largest absolute Gasteiger partial charge is 0.737 e. The molecule has 0 saturated heterocycles. The van der Waals surface area contributed by atoms with E-state index in [1.807, 2.05) is 52.0 Å². The highest BCUT2D eigenvalue weighted by Crippen LogP contribution is 2.47. The molecule has 2 aliphatic rings. The van der Waals surface area contributed by atoms with Gasteiger partial charge in [0, 0.05) is 30.7 Å². The third kappa shape index (κ3) is 6.44. The van der Waals surface area contributed by atoms with Gasteiger partial charge in [0.05, 0.1) is 5.57 Å². The van der Waals surface area contributed by atoms with E-state index in [2.05, 4.69) is 96.1 Å². The quantitative estimate of drug-likeness (QED) is 0.0401. The lowest BCUT2D eigenvalue weighted by molar-refractivity contribution is -0.363. The van der Waals surface area contributed by atoms with Crippen LogP contribution in [0.3, 0.4) is 0 Å². The molecule has 0 atom stereocenters. The Kier molecular flexibility index (Phi) is 9.36. The van der Waals surface area contributed by atoms with Crippen molar-refractivity contribution in [3.63, 3.8) is 0 Å². The smallest absolute Gasteiger partial charge is 0.427 e. The average Bonchev–Trinajstić information content (AvgIpc) is 3.65. The summed E-state index contributed by atoms with van der Waals surface area (Å²) < 4.78 is 41.0. The number of rotatable bonds is 7. The van der Waals surface area contributed by atoms with Crippen LogP contribution in [-0.2, 0) is 22.0 Å². The number of unbranched alkanes of at least 4 members (excludes halogenated alkanes) is 1. The lowest BCUT2D eigenvalue weighted by atomic mass is 9.79. The predicted octanol–water partition coefficient (Wildman–Crippen LogP) is 14.1. The minimum absolute atomic E-state index is 0.0102. The first-order chi connectivity index (χ1) is 28.7. The minimum Gasteiger partial charge on any atom is -0.427 e. The second-order valence-electron chi connectivity index (χ2n) is 20.1. The number of aromatic nitrogens is 1. The number of carbonyl (C=O) groups is 1. The molecule has 0 unspecified atom stereocenters. The highest BCUT2D eigenvalue weighted by Gasteiger charge is 2.55. The molecule has 0 radical (unpaired) electrons. The SMILES string of the molecule is CC1=CC(C)=[N+]2C1=C(c1c(C)cc(OC(=O)CCCCc3ccc4c5cc(C(C)(C)C)cc6cc(C(C)(C)C)cc(c7cccc3c74)c65)cc1C)c1c(C)cc(C)n1[B-]2(F)F. The van der Waals surface area contributed by atoms with Gasteiger partial charge in [-0.15, -0.1) is 0 Å². The number of nitrogens with zero attached hydrogens (tertiary/aromatic N) is 2. The van der Waals surface area contributed by atoms with Gasteiger partial charge in [0.25, 0.3) is 0 Å². The summed E-state index contributed by atoms with van der Waals surface area (Å²) in [7, 11) is 0. The van der Waals surface area contributed by atoms with Crippen LogP contribution in [0, 0.1) is 27.7 Å². The number of ether oxygens (including phenoxy) is 1. The van der Waals surface area contributed by atoms with E-state index in [0.717, 1.165) is 46.2 Å². The van der Waals surface area contributed by atoms with E-state index < -0.39 is 6.97 Å². The topological polar surface area (TPSA) is 34.2 Å². The van der Waals surface area contributed by atoms with Crippen LogP contribution in [0.2, 0.25) is 0 Å². The van der Waals surface area contributed by atoms with Crippen LogP contribution in [0.15, 0.2) is 90.1 Å². The molecular weight excluding hydrogens is 757 g/mol. The summed E-state index contributed by atoms with van der Waals surface area (Å²) in [4.78, 5) is 13.4. The zero-order valence-electron chi connectivity index (χ0n) is 37.9. The number of benzene rings is 6. The van der Waals surface area contributed by atoms with Gasteiger partial charge in [0.2, 0.25) is 0 Å². The first-order valence-electron chi connectivity index (χ1n) is 21.9. The standard InChI is InChI=1S/C54H57BF2N2O2/c1-30-24-40(25-31(2)47(30)50-51-32(3)22-34(5)58(51)55(56,57)59-35(6)23-33(4)52(50)59)61-46(60)19-14-13-16-36-20-21-43-45-29-39(54(10,11)12)27-37-26-38(53(7,8)9)28-44(48(37)45)42-18-15-17-41(36)49(42)43/h15,17-18,20-29H,13-14,16,19H2,1-12H3. The van der Waals surface area contributed by atoms with Crippen LogP contribution in [0.1, 0.15) is 125 Å². The molecule has 1 aromatic heterocycles. The lowest BCUT2D eigenvalue weighted by Gasteiger charge is -2.34. The number of carbonyl (C=O) groups excluding carboxylic acids is 1. The Morgan fingerprint density at radius 3 is 1.93 bits per heavy atom. The minimum atomic E-state index is -4.07. The Bertz CT molecular complexity index is 3040. The molecule has 312 valence electrons. The van der Waals surface area contributed by atoms with Gasteiger partial charge >= 0.3 is 12.9 Å². The van der Waals surface area contributed by atoms with Crippen LogP contribution in [0.5, 0.6) is 5.75 Å². The molecule has 0 fully saturated rings. The Morgan fingerprint density at radius 2 is 1.31 bits per heavy atom. The summed E-state index contributed by atoms with van der Waals surface area (Å²) in [5.74, 6) is 0.204. The summed E-state index contributed by atoms with van der Waals surface area (Å²) in [6.07, 6.45) is 4.55. The number of aryl methyl sites for hydroxylation is 5. The van der Waals surface area contributed by atoms with Gasteiger partial charge in [0.15, 0.2) is 5.70 Å². The van der Waals surface area contributed by atoms with E-state index in [9.17, 15) is 4.79 Å². The van der Waals surface area contributed by atoms with Crippen molar-refractivity contribution in [2.24, 2.45) is 0 Å². The molecule has 9 rings (SSSR count). The van der Waals surface area contributed by atoms with Crippen LogP contribution in [0.4, 0.5) is 8.63 Å². The van der Waals surface area contributed by atoms with Gasteiger partial charge in [0.1, 0.15) is 11.5 Å². The van der Waals surface area contributed by atoms with Crippen molar-refractivity contribution in [3.05, 3.63) is 140 Å². The Morgan fingerprint density at radius 1 is 0.705 bits per heavy atom. The maximum atomic E-state index is 16.3. The van der Waals surface area contributed by atoms with Crippen molar-refractivity contribution in [2.75, 3.05) is 0 Å². The number of halogens is 2. The van der Waals surface area contributed by atoms with Crippen molar-refractivity contribution < 1.29 is 22.6 Å². The molecule has 0 amide bonds. The van der Waals surface area contributed by atoms with Crippen molar-refractivity contribution in [2.45, 2.75) is 120 Å². The number of hydrogen-bond donors (Lipinski definition) is 0. The molecule has 0 saturated carbocycles. The van der Waals surface area contributed by atoms with Crippen LogP contribution >= 0.6 is 0 Å². The Labute approximate surface area is 359 Å². The van der Waals surface area contributed by atoms with E-state index in [-0.39, 0.29) is 16.8 Å². The molecule has 0 aliphatic carbocycles. The zero-order chi connectivity index (χ0) is 43.7. The summed E-state index contributed by atoms with van der Waals surface area (Å²) >= 11 is 0. The van der Waals surface area contributed by atoms with Crippen LogP contribution in [-0.4, -0.2) is 27.6 Å². The molecule has 3 heterocycles. The molecule has 61 heavy (non-hydrogen) atoms. The van der Waals surface area contributed by atoms with E-state index in [4.69, 9.17) is 4.74 Å². The monoisotopic (exact) mass is 814 g/mol. The summed E-state index contributed by atoms with van der Waals surface area (Å²) in [6.45, 7) is 21.0. The third-order valence-electron chi connectivity index (χ3n) is 13.5. The second kappa shape index (κ2) is 14.0. The molecular formula is C54H57BF2N2O2. The fraction of sp³-hybridized carbons (Fsp3) is 0.333. The van der Waals surface area contributed by atoms with E-state index in [0.29, 0.717) is 41.4 Å². The van der Waals surface area contributed by atoms with Gasteiger partial charge in [-0.05, 0) is 183 Å². The summed E-state index contributed by atoms with van der Waals surface area (Å²) in [5, 5.41) is 10.5. The number of esters is 1. The summed E-state index contributed by atoms with van der Waals surface area (Å²) in [6, 6.07) is 26.6. The highest BCUT2D eigenvalue weighted by atomic mass is 19.2. The molecule has 0 bridgehead atoms. The molecule has 2 aliphatic heterocycles. The van der Waals surface area contributed by atoms with E-state index in [1.165, 1.54) is 68.7 Å². The van der Waals surface area contributed by atoms with Crippen molar-refractivity contribution in [1.82, 2.24) is 4.48 Å². The van der Waals surface area contributed by atoms with Gasteiger partial charge in [-0.1, -0.05) is 84.0 Å². The molecule has 4 nitrogen and oxygen atoms in total. The zero-order valence-corrected chi connectivity index (χ0v) is 37.9. The molecule has 0 N–H and O–H groups in total. The van der Waals surface area contributed by atoms with Crippen LogP contribution in [0.25, 0.3) is 48.7 Å². The van der Waals surface area contributed by atoms with Crippen molar-refractivity contribution in [3.8, 4) is 5.75 Å². The van der Waals surface area contributed by atoms with E-state index in [1.54, 1.807) is 13.8 Å². The summed E-state index contributed by atoms with van der Waals surface area (Å²) in [5.41, 5.74) is 11.2. The lowest BCUT2D eigenvalue weighted by Crippen LogP contribution is -2.51. The number of hydrogen-bond acceptors (Lipinski definition) is 2. The van der Waals surface area contributed by atoms with Gasteiger partial charge in [-0.2, -0.15) is 0 Å². The first kappa shape index (κ1) is 40.8. The van der Waals surface area contributed by atoms with Gasteiger partial charge in [-0.3, -0.25) is 4.79 Å². The number of fused-ring (bicyclic) bond motifs is 4. The normalized spacial score (nSPS) is 15.5. The maximum absolute atomic E-state index is 16.3. The molecule has 7 heteroatoms. The highest BCUT2D eigenvalue weighted by molar-refractivity contribution is 6.58. The maximum Gasteiger partial charge on any atom is 0.737 e. The average molecular weight is 815 g/mol. The van der Waals surface area contributed by atoms with E-state index >= 15 is 8.63 Å². The third-order valence-corrected chi connectivity index (χ3v) is 13.5. The molecule has 6 aromatic carbocycles. The van der Waals surface area contributed by atoms with Gasteiger partial charge < -0.3 is 22.3 Å². The van der Waals surface area contributed by atoms with Crippen molar-refractivity contribution >= 4 is 67.3 Å². The molecule has 0 spiro atoms. The fourth-order valence-electron chi connectivity index (χ4n) is 10.6. The Hall–Kier alpha value is -5.56. The van der Waals surface area contributed by atoms with Crippen LogP contribution < -0.4 is 4.74 Å². The number of allylic oxidation sites excluding steroid dienone is 2. The first-order valence-corrected chi connectivity index (χ1v) is 21.9. The molecule has 7 aromatic rings. The van der Waals surface area contributed by atoms with Crippen molar-refractivity contribution in [1.29, 1.82) is 0 Å².